The molecule has 0 bridgehead atoms. The molecule has 3 N–H and O–H groups in total. The average Bonchev–Trinajstić information content (AvgIpc) is 2.17. The molecule has 0 spiro atoms. The van der Waals surface area contributed by atoms with Gasteiger partial charge in [0, 0.05) is 41.2 Å². The molecule has 7 heteroatoms. The second kappa shape index (κ2) is 21.6. The van der Waals surface area contributed by atoms with Crippen molar-refractivity contribution < 1.29 is 50.1 Å². The zero-order valence-electron chi connectivity index (χ0n) is 10.8. The van der Waals surface area contributed by atoms with E-state index in [1.807, 2.05) is 30.3 Å². The molecule has 0 aliphatic rings. The fourth-order valence-electron chi connectivity index (χ4n) is 0.342. The predicted octanol–water partition coefficient (Wildman–Crippen LogP) is 1.76. The van der Waals surface area contributed by atoms with Crippen molar-refractivity contribution in [2.45, 2.75) is 20.8 Å². The van der Waals surface area contributed by atoms with Gasteiger partial charge in [0.15, 0.2) is 0 Å². The van der Waals surface area contributed by atoms with E-state index in [4.69, 9.17) is 29.7 Å². The number of hydrogen-bond donors (Lipinski definition) is 3. The molecule has 0 unspecified atom stereocenters. The fourth-order valence-corrected chi connectivity index (χ4v) is 0.342. The van der Waals surface area contributed by atoms with Crippen molar-refractivity contribution in [2.24, 2.45) is 0 Å². The Balaban J connectivity index is -0.0000000796. The number of rotatable bonds is 0. The molecule has 19 heavy (non-hydrogen) atoms. The van der Waals surface area contributed by atoms with Gasteiger partial charge >= 0.3 is 0 Å². The monoisotopic (exact) mass is 363 g/mol. The minimum Gasteiger partial charge on any atom is -0.481 e. The van der Waals surface area contributed by atoms with Crippen molar-refractivity contribution in [1.82, 2.24) is 0 Å². The van der Waals surface area contributed by atoms with Crippen LogP contribution in [-0.2, 0) is 34.8 Å². The molecule has 0 aliphatic carbocycles. The molecule has 6 nitrogen and oxygen atoms in total. The van der Waals surface area contributed by atoms with Crippen LogP contribution in [0.25, 0.3) is 0 Å². The second-order valence-electron chi connectivity index (χ2n) is 2.63. The van der Waals surface area contributed by atoms with Gasteiger partial charge in [0.2, 0.25) is 0 Å². The molecule has 0 saturated heterocycles. The van der Waals surface area contributed by atoms with E-state index in [9.17, 15) is 0 Å². The van der Waals surface area contributed by atoms with Crippen LogP contribution in [-0.4, -0.2) is 33.2 Å². The standard InChI is InChI=1S/C6H5.3C2H4O2.Pd/c1-2-4-6-5-3-1;3*1-2(3)4;/h1-5H;3*1H3,(H,3,4);/q-1;;;;. The van der Waals surface area contributed by atoms with Crippen LogP contribution >= 0.6 is 0 Å². The van der Waals surface area contributed by atoms with Gasteiger partial charge in [0.25, 0.3) is 17.9 Å². The number of carbonyl (C=O) groups is 3. The normalized spacial score (nSPS) is 6.47. The smallest absolute Gasteiger partial charge is 0.300 e. The summed E-state index contributed by atoms with van der Waals surface area (Å²) < 4.78 is 0. The van der Waals surface area contributed by atoms with Gasteiger partial charge in [-0.25, -0.2) is 0 Å². The van der Waals surface area contributed by atoms with Crippen LogP contribution in [0, 0.1) is 6.07 Å². The Labute approximate surface area is 125 Å². The molecule has 1 rings (SSSR count). The Hall–Kier alpha value is -1.71. The van der Waals surface area contributed by atoms with Crippen LogP contribution < -0.4 is 0 Å². The Bertz CT molecular complexity index is 259. The minimum atomic E-state index is -0.833. The fraction of sp³-hybridized carbons (Fsp3) is 0.250. The van der Waals surface area contributed by atoms with E-state index in [0.717, 1.165) is 20.8 Å². The van der Waals surface area contributed by atoms with Gasteiger partial charge in [-0.1, -0.05) is 0 Å². The third kappa shape index (κ3) is 181. The molecule has 1 aromatic rings. The molecule has 0 radical (unpaired) electrons. The van der Waals surface area contributed by atoms with Crippen molar-refractivity contribution >= 4 is 17.9 Å². The van der Waals surface area contributed by atoms with Crippen LogP contribution in [0.4, 0.5) is 0 Å². The topological polar surface area (TPSA) is 112 Å². The summed E-state index contributed by atoms with van der Waals surface area (Å²) in [7, 11) is 0. The summed E-state index contributed by atoms with van der Waals surface area (Å²) in [6.07, 6.45) is 0. The van der Waals surface area contributed by atoms with Crippen LogP contribution in [0.3, 0.4) is 0 Å². The van der Waals surface area contributed by atoms with Crippen LogP contribution in [0.15, 0.2) is 30.3 Å². The summed E-state index contributed by atoms with van der Waals surface area (Å²) in [5.41, 5.74) is 0. The Morgan fingerprint density at radius 3 is 1.00 bits per heavy atom. The van der Waals surface area contributed by atoms with Gasteiger partial charge in [0.05, 0.1) is 0 Å². The van der Waals surface area contributed by atoms with E-state index >= 15 is 0 Å². The Morgan fingerprint density at radius 1 is 0.737 bits per heavy atom. The van der Waals surface area contributed by atoms with E-state index < -0.39 is 17.9 Å². The van der Waals surface area contributed by atoms with Gasteiger partial charge in [-0.3, -0.25) is 14.4 Å². The number of benzene rings is 1. The van der Waals surface area contributed by atoms with E-state index in [-0.39, 0.29) is 20.4 Å². The van der Waals surface area contributed by atoms with E-state index in [2.05, 4.69) is 6.07 Å². The molecule has 0 fully saturated rings. The zero-order valence-corrected chi connectivity index (χ0v) is 12.3. The number of hydrogen-bond acceptors (Lipinski definition) is 3. The van der Waals surface area contributed by atoms with E-state index in [1.165, 1.54) is 0 Å². The third-order valence-corrected chi connectivity index (χ3v) is 0.607. The molecular weight excluding hydrogens is 347 g/mol. The molecule has 0 atom stereocenters. The molecule has 0 aromatic heterocycles. The summed E-state index contributed by atoms with van der Waals surface area (Å²) in [5, 5.41) is 22.2. The molecule has 0 saturated carbocycles. The zero-order chi connectivity index (χ0) is 15.0. The summed E-state index contributed by atoms with van der Waals surface area (Å²) in [4.78, 5) is 27.0. The van der Waals surface area contributed by atoms with Crippen molar-refractivity contribution in [1.29, 1.82) is 0 Å². The number of carboxylic acids is 3. The first-order valence-corrected chi connectivity index (χ1v) is 4.69. The Morgan fingerprint density at radius 2 is 0.947 bits per heavy atom. The van der Waals surface area contributed by atoms with Gasteiger partial charge in [0.1, 0.15) is 0 Å². The van der Waals surface area contributed by atoms with Crippen LogP contribution in [0.1, 0.15) is 20.8 Å². The Kier molecular flexibility index (Phi) is 29.5. The summed E-state index contributed by atoms with van der Waals surface area (Å²) in [5.74, 6) is -2.50. The summed E-state index contributed by atoms with van der Waals surface area (Å²) >= 11 is 0. The first-order valence-electron chi connectivity index (χ1n) is 4.69. The molecule has 0 aliphatic heterocycles. The maximum atomic E-state index is 9.00. The van der Waals surface area contributed by atoms with Crippen molar-refractivity contribution in [3.63, 3.8) is 0 Å². The minimum absolute atomic E-state index is 0. The van der Waals surface area contributed by atoms with Gasteiger partial charge in [-0.2, -0.15) is 36.4 Å². The average molecular weight is 364 g/mol. The molecule has 0 heterocycles. The van der Waals surface area contributed by atoms with Crippen LogP contribution in [0.5, 0.6) is 0 Å². The molecule has 112 valence electrons. The van der Waals surface area contributed by atoms with Crippen molar-refractivity contribution in [2.75, 3.05) is 0 Å². The molecule has 0 amide bonds. The molecule has 1 aromatic carbocycles. The SMILES string of the molecule is CC(=O)O.CC(=O)O.CC(=O)O.[Pd].[c-]1ccccc1. The largest absolute Gasteiger partial charge is 0.481 e. The third-order valence-electron chi connectivity index (χ3n) is 0.607. The second-order valence-corrected chi connectivity index (χ2v) is 2.63. The van der Waals surface area contributed by atoms with Gasteiger partial charge in [-0.15, -0.1) is 0 Å². The first-order chi connectivity index (χ1) is 8.20. The first kappa shape index (κ1) is 26.0. The molecular formula is C12H17O6Pd-. The predicted molar refractivity (Wildman–Crippen MR) is 65.2 cm³/mol. The van der Waals surface area contributed by atoms with Crippen molar-refractivity contribution in [3.05, 3.63) is 36.4 Å². The number of carboxylic acid groups (broad SMARTS) is 3. The van der Waals surface area contributed by atoms with Gasteiger partial charge in [-0.05, 0) is 0 Å². The van der Waals surface area contributed by atoms with Crippen LogP contribution in [0.2, 0.25) is 0 Å². The maximum Gasteiger partial charge on any atom is 0.300 e. The maximum absolute atomic E-state index is 9.00. The van der Waals surface area contributed by atoms with E-state index in [1.54, 1.807) is 0 Å². The summed E-state index contributed by atoms with van der Waals surface area (Å²) in [6.45, 7) is 3.25. The van der Waals surface area contributed by atoms with Gasteiger partial charge < -0.3 is 15.3 Å². The quantitative estimate of drug-likeness (QED) is 0.478. The summed E-state index contributed by atoms with van der Waals surface area (Å²) in [6, 6.07) is 12.5. The van der Waals surface area contributed by atoms with E-state index in [0.29, 0.717) is 0 Å². The van der Waals surface area contributed by atoms with Crippen molar-refractivity contribution in [3.8, 4) is 0 Å². The number of aliphatic carboxylic acids is 3.